The number of hydrogen-bond acceptors (Lipinski definition) is 3. The van der Waals surface area contributed by atoms with Crippen molar-refractivity contribution in [2.24, 2.45) is 5.92 Å². The van der Waals surface area contributed by atoms with Crippen molar-refractivity contribution in [2.75, 3.05) is 20.3 Å². The summed E-state index contributed by atoms with van der Waals surface area (Å²) in [5.74, 6) is 0.894. The zero-order valence-corrected chi connectivity index (χ0v) is 11.8. The van der Waals surface area contributed by atoms with Crippen LogP contribution in [0.5, 0.6) is 5.88 Å². The van der Waals surface area contributed by atoms with E-state index in [-0.39, 0.29) is 0 Å². The van der Waals surface area contributed by atoms with Crippen LogP contribution < -0.4 is 4.74 Å². The topological polar surface area (TPSA) is 31.4 Å². The van der Waals surface area contributed by atoms with Gasteiger partial charge in [-0.3, -0.25) is 0 Å². The Morgan fingerprint density at radius 3 is 3.12 bits per heavy atom. The zero-order valence-electron chi connectivity index (χ0n) is 9.45. The van der Waals surface area contributed by atoms with Gasteiger partial charge in [0.05, 0.1) is 19.4 Å². The van der Waals surface area contributed by atoms with Crippen molar-refractivity contribution in [3.05, 3.63) is 28.9 Å². The minimum atomic E-state index is 0.442. The molecule has 17 heavy (non-hydrogen) atoms. The van der Waals surface area contributed by atoms with E-state index in [9.17, 15) is 0 Å². The molecule has 1 aliphatic heterocycles. The quantitative estimate of drug-likeness (QED) is 0.854. The molecule has 0 amide bonds. The van der Waals surface area contributed by atoms with Crippen LogP contribution in [0.25, 0.3) is 4.48 Å². The maximum Gasteiger partial charge on any atom is 0.232 e. The van der Waals surface area contributed by atoms with Crippen molar-refractivity contribution in [3.8, 4) is 5.88 Å². The van der Waals surface area contributed by atoms with Crippen LogP contribution in [0, 0.1) is 5.92 Å². The monoisotopic (exact) mass is 317 g/mol. The molecule has 3 nitrogen and oxygen atoms in total. The lowest BCUT2D eigenvalue weighted by atomic mass is 10.1. The van der Waals surface area contributed by atoms with Crippen molar-refractivity contribution in [3.63, 3.8) is 0 Å². The van der Waals surface area contributed by atoms with Gasteiger partial charge in [-0.05, 0) is 34.5 Å². The average molecular weight is 319 g/mol. The van der Waals surface area contributed by atoms with Crippen molar-refractivity contribution in [1.82, 2.24) is 4.98 Å². The smallest absolute Gasteiger partial charge is 0.232 e. The lowest BCUT2D eigenvalue weighted by Crippen LogP contribution is -1.96. The molecule has 1 atom stereocenters. The second kappa shape index (κ2) is 5.85. The molecule has 0 aromatic carbocycles. The third-order valence-corrected chi connectivity index (χ3v) is 3.56. The van der Waals surface area contributed by atoms with Gasteiger partial charge in [0.1, 0.15) is 5.02 Å². The Morgan fingerprint density at radius 1 is 1.65 bits per heavy atom. The molecule has 0 bridgehead atoms. The number of halogens is 2. The summed E-state index contributed by atoms with van der Waals surface area (Å²) in [7, 11) is 1.56. The highest BCUT2D eigenvalue weighted by Gasteiger charge is 2.14. The van der Waals surface area contributed by atoms with Crippen LogP contribution in [-0.2, 0) is 4.74 Å². The number of methoxy groups -OCH3 is 1. The first kappa shape index (κ1) is 12.9. The van der Waals surface area contributed by atoms with Crippen LogP contribution in [-0.4, -0.2) is 25.3 Å². The summed E-state index contributed by atoms with van der Waals surface area (Å²) in [4.78, 5) is 4.32. The largest absolute Gasteiger partial charge is 0.480 e. The minimum Gasteiger partial charge on any atom is -0.480 e. The number of ether oxygens (including phenoxy) is 2. The molecule has 1 aromatic rings. The molecule has 0 spiro atoms. The van der Waals surface area contributed by atoms with E-state index in [4.69, 9.17) is 21.1 Å². The number of rotatable bonds is 3. The highest BCUT2D eigenvalue weighted by atomic mass is 79.9. The third kappa shape index (κ3) is 3.21. The molecule has 2 rings (SSSR count). The highest BCUT2D eigenvalue weighted by Crippen LogP contribution is 2.29. The molecule has 5 heteroatoms. The average Bonchev–Trinajstić information content (AvgIpc) is 2.82. The molecule has 0 N–H and O–H groups in total. The van der Waals surface area contributed by atoms with E-state index in [1.54, 1.807) is 13.2 Å². The van der Waals surface area contributed by atoms with Gasteiger partial charge in [-0.2, -0.15) is 0 Å². The molecule has 0 radical (unpaired) electrons. The molecule has 1 aromatic heterocycles. The Bertz CT molecular complexity index is 431. The SMILES string of the molecule is COc1nc(/C(Br)=C/C2CCOC2)ccc1Cl. The zero-order chi connectivity index (χ0) is 12.3. The van der Waals surface area contributed by atoms with Crippen LogP contribution in [0.3, 0.4) is 0 Å². The number of aromatic nitrogens is 1. The number of hydrogen-bond donors (Lipinski definition) is 0. The normalized spacial score (nSPS) is 20.6. The predicted octanol–water partition coefficient (Wildman–Crippen LogP) is 3.52. The fraction of sp³-hybridized carbons (Fsp3) is 0.417. The molecule has 2 heterocycles. The van der Waals surface area contributed by atoms with Crippen LogP contribution in [0.4, 0.5) is 0 Å². The van der Waals surface area contributed by atoms with Gasteiger partial charge in [0, 0.05) is 17.0 Å². The summed E-state index contributed by atoms with van der Waals surface area (Å²) < 4.78 is 11.4. The first-order valence-corrected chi connectivity index (χ1v) is 6.54. The summed E-state index contributed by atoms with van der Waals surface area (Å²) in [6.07, 6.45) is 3.18. The highest BCUT2D eigenvalue weighted by molar-refractivity contribution is 9.15. The van der Waals surface area contributed by atoms with Gasteiger partial charge in [-0.1, -0.05) is 17.7 Å². The van der Waals surface area contributed by atoms with Gasteiger partial charge in [0.25, 0.3) is 0 Å². The van der Waals surface area contributed by atoms with E-state index in [2.05, 4.69) is 27.0 Å². The van der Waals surface area contributed by atoms with Crippen LogP contribution >= 0.6 is 27.5 Å². The van der Waals surface area contributed by atoms with E-state index in [0.29, 0.717) is 16.8 Å². The van der Waals surface area contributed by atoms with Gasteiger partial charge in [0.15, 0.2) is 0 Å². The van der Waals surface area contributed by atoms with Crippen molar-refractivity contribution < 1.29 is 9.47 Å². The second-order valence-electron chi connectivity index (χ2n) is 3.83. The van der Waals surface area contributed by atoms with E-state index >= 15 is 0 Å². The van der Waals surface area contributed by atoms with Gasteiger partial charge in [0.2, 0.25) is 5.88 Å². The van der Waals surface area contributed by atoms with Gasteiger partial charge < -0.3 is 9.47 Å². The van der Waals surface area contributed by atoms with Gasteiger partial charge in [-0.15, -0.1) is 0 Å². The molecule has 0 aliphatic carbocycles. The van der Waals surface area contributed by atoms with Crippen molar-refractivity contribution in [1.29, 1.82) is 0 Å². The summed E-state index contributed by atoms with van der Waals surface area (Å²) in [6.45, 7) is 1.61. The molecule has 92 valence electrons. The molecule has 1 fully saturated rings. The molecule has 1 aliphatic rings. The van der Waals surface area contributed by atoms with E-state index < -0.39 is 0 Å². The fourth-order valence-corrected chi connectivity index (χ4v) is 2.45. The lowest BCUT2D eigenvalue weighted by molar-refractivity contribution is 0.191. The van der Waals surface area contributed by atoms with E-state index in [1.807, 2.05) is 6.07 Å². The Balaban J connectivity index is 2.20. The second-order valence-corrected chi connectivity index (χ2v) is 5.09. The first-order valence-electron chi connectivity index (χ1n) is 5.36. The maximum atomic E-state index is 5.93. The van der Waals surface area contributed by atoms with Crippen molar-refractivity contribution >= 4 is 32.0 Å². The molecular weight excluding hydrogens is 305 g/mol. The van der Waals surface area contributed by atoms with Crippen LogP contribution in [0.1, 0.15) is 12.1 Å². The standard InChI is InChI=1S/C12H13BrClNO2/c1-16-12-10(14)2-3-11(15-12)9(13)6-8-4-5-17-7-8/h2-3,6,8H,4-5,7H2,1H3/b9-6-. The molecule has 1 unspecified atom stereocenters. The first-order chi connectivity index (χ1) is 8.20. The summed E-state index contributed by atoms with van der Waals surface area (Å²) in [5, 5.41) is 0.515. The Morgan fingerprint density at radius 2 is 2.47 bits per heavy atom. The van der Waals surface area contributed by atoms with Crippen LogP contribution in [0.15, 0.2) is 18.2 Å². The maximum absolute atomic E-state index is 5.93. The minimum absolute atomic E-state index is 0.442. The molecule has 1 saturated heterocycles. The van der Waals surface area contributed by atoms with Gasteiger partial charge >= 0.3 is 0 Å². The fourth-order valence-electron chi connectivity index (χ4n) is 1.68. The van der Waals surface area contributed by atoms with E-state index in [1.165, 1.54) is 0 Å². The Labute approximate surface area is 114 Å². The lowest BCUT2D eigenvalue weighted by Gasteiger charge is -2.06. The summed E-state index contributed by atoms with van der Waals surface area (Å²) >= 11 is 9.46. The molecular formula is C12H13BrClNO2. The third-order valence-electron chi connectivity index (χ3n) is 2.60. The molecule has 0 saturated carbocycles. The van der Waals surface area contributed by atoms with Crippen molar-refractivity contribution in [2.45, 2.75) is 6.42 Å². The number of nitrogens with zero attached hydrogens (tertiary/aromatic N) is 1. The summed E-state index contributed by atoms with van der Waals surface area (Å²) in [5.41, 5.74) is 0.818. The number of pyridine rings is 1. The Kier molecular flexibility index (Phi) is 4.42. The van der Waals surface area contributed by atoms with Crippen LogP contribution in [0.2, 0.25) is 5.02 Å². The van der Waals surface area contributed by atoms with E-state index in [0.717, 1.165) is 29.8 Å². The van der Waals surface area contributed by atoms with Gasteiger partial charge in [-0.25, -0.2) is 4.98 Å². The predicted molar refractivity (Wildman–Crippen MR) is 71.6 cm³/mol. The summed E-state index contributed by atoms with van der Waals surface area (Å²) in [6, 6.07) is 3.64. The Hall–Kier alpha value is -0.580.